The van der Waals surface area contributed by atoms with E-state index in [1.165, 1.54) is 39.8 Å². The van der Waals surface area contributed by atoms with Gasteiger partial charge >= 0.3 is 5.97 Å². The van der Waals surface area contributed by atoms with Crippen molar-refractivity contribution < 1.29 is 63.5 Å². The lowest BCUT2D eigenvalue weighted by Crippen LogP contribution is -2.60. The number of likely N-dealkylation sites (N-methyl/N-ethyl adjacent to an activating group) is 1. The van der Waals surface area contributed by atoms with E-state index in [1.54, 1.807) is 63.8 Å². The van der Waals surface area contributed by atoms with Gasteiger partial charge in [0, 0.05) is 87.9 Å². The second-order valence-corrected chi connectivity index (χ2v) is 25.9. The van der Waals surface area contributed by atoms with Crippen LogP contribution in [0.4, 0.5) is 0 Å². The van der Waals surface area contributed by atoms with E-state index in [2.05, 4.69) is 60.8 Å². The average molecular weight is 1120 g/mol. The first-order chi connectivity index (χ1) is 36.7. The predicted molar refractivity (Wildman–Crippen MR) is 304 cm³/mol. The van der Waals surface area contributed by atoms with Gasteiger partial charge in [0.1, 0.15) is 30.0 Å². The van der Waals surface area contributed by atoms with Crippen molar-refractivity contribution in [1.29, 1.82) is 0 Å². The number of nitrogens with one attached hydrogen (secondary N) is 1. The van der Waals surface area contributed by atoms with Gasteiger partial charge in [-0.3, -0.25) is 14.5 Å². The molecule has 0 bridgehead atoms. The van der Waals surface area contributed by atoms with Gasteiger partial charge in [-0.1, -0.05) is 62.4 Å². The first-order valence-electron chi connectivity index (χ1n) is 27.9. The van der Waals surface area contributed by atoms with E-state index >= 15 is 0 Å². The summed E-state index contributed by atoms with van der Waals surface area (Å²) in [6.45, 7) is 20.7. The Bertz CT molecular complexity index is 2540. The molecule has 2 aromatic carbocycles. The van der Waals surface area contributed by atoms with Crippen LogP contribution < -0.4 is 5.32 Å². The molecule has 78 heavy (non-hydrogen) atoms. The number of aryl methyl sites for hydroxylation is 1. The summed E-state index contributed by atoms with van der Waals surface area (Å²) in [7, 11) is 5.27. The van der Waals surface area contributed by atoms with Crippen LogP contribution in [0.5, 0.6) is 0 Å². The quantitative estimate of drug-likeness (QED) is 0.0431. The number of thiophene rings is 1. The summed E-state index contributed by atoms with van der Waals surface area (Å²) in [6.07, 6.45) is -5.23. The first-order valence-corrected chi connectivity index (χ1v) is 29.6. The van der Waals surface area contributed by atoms with E-state index in [0.29, 0.717) is 32.5 Å². The molecule has 7 rings (SSSR count). The molecule has 18 atom stereocenters. The Morgan fingerprint density at radius 3 is 2.32 bits per heavy atom. The second kappa shape index (κ2) is 25.9. The standard InChI is InChI=1S/C60H89N3O13S2/c1-15-47-60(11,70)53(66)38(7)63(26-18-25-61-48(64)24-22-40-29-42-41-19-16-17-20-45(41)78-46-23-21-33(2)27-43(46)52(42)77-40)32-34(3)30-58(9,69)55(76-57-50(65)44(62(12)13)28-35(4)72-57)36(5)51(37(6)56(68)74-47)75-49-31-59(10,71-14)54(67)39(8)73-49/h16-17,19-24,27,29,34-39,44,47,49-51,53-55,57,65-67,69-70H,15,18,25-26,28,30-32H2,1-14H3,(H,61,64)/b24-22+/t34-,35-,36+,37-,38-,39-,44+,47-,49-,50-,51+,53-,54+,55-,57+,58-,59-,60-/m1/s1. The molecule has 1 amide bonds. The Morgan fingerprint density at radius 1 is 0.923 bits per heavy atom. The number of esters is 1. The minimum Gasteiger partial charge on any atom is -0.459 e. The van der Waals surface area contributed by atoms with Crippen molar-refractivity contribution in [2.24, 2.45) is 17.8 Å². The van der Waals surface area contributed by atoms with Crippen molar-refractivity contribution in [3.8, 4) is 21.6 Å². The number of aliphatic hydroxyl groups is 5. The highest BCUT2D eigenvalue weighted by molar-refractivity contribution is 7.99. The topological polar surface area (TPSA) is 209 Å². The van der Waals surface area contributed by atoms with Crippen LogP contribution in [-0.4, -0.2) is 178 Å². The summed E-state index contributed by atoms with van der Waals surface area (Å²) in [4.78, 5) is 36.6. The van der Waals surface area contributed by atoms with Crippen LogP contribution >= 0.6 is 23.1 Å². The van der Waals surface area contributed by atoms with Gasteiger partial charge in [0.25, 0.3) is 0 Å². The van der Waals surface area contributed by atoms with Gasteiger partial charge in [0.2, 0.25) is 5.91 Å². The number of fused-ring (bicyclic) bond motifs is 5. The van der Waals surface area contributed by atoms with Crippen LogP contribution in [-0.2, 0) is 38.0 Å². The van der Waals surface area contributed by atoms with Crippen molar-refractivity contribution >= 4 is 41.1 Å². The number of methoxy groups -OCH3 is 1. The molecule has 3 fully saturated rings. The highest BCUT2D eigenvalue weighted by atomic mass is 32.2. The largest absolute Gasteiger partial charge is 0.459 e. The number of cyclic esters (lactones) is 1. The Hall–Kier alpha value is -3.31. The maximum atomic E-state index is 14.7. The van der Waals surface area contributed by atoms with Crippen LogP contribution in [0.1, 0.15) is 112 Å². The van der Waals surface area contributed by atoms with Gasteiger partial charge < -0.3 is 64.2 Å². The number of nitrogens with zero attached hydrogens (tertiary/aromatic N) is 2. The summed E-state index contributed by atoms with van der Waals surface area (Å²) in [5.74, 6) is -3.16. The second-order valence-electron chi connectivity index (χ2n) is 23.7. The number of rotatable bonds is 13. The van der Waals surface area contributed by atoms with E-state index in [-0.39, 0.29) is 43.2 Å². The van der Waals surface area contributed by atoms with Gasteiger partial charge in [0.15, 0.2) is 12.6 Å². The molecule has 0 radical (unpaired) electrons. The number of carbonyl (C=O) groups is 2. The Morgan fingerprint density at radius 2 is 1.63 bits per heavy atom. The van der Waals surface area contributed by atoms with Crippen LogP contribution in [0.2, 0.25) is 0 Å². The van der Waals surface area contributed by atoms with Gasteiger partial charge in [0.05, 0.1) is 41.5 Å². The number of ether oxygens (including phenoxy) is 6. The van der Waals surface area contributed by atoms with E-state index in [4.69, 9.17) is 28.4 Å². The number of benzene rings is 2. The molecule has 6 N–H and O–H groups in total. The zero-order chi connectivity index (χ0) is 57.2. The summed E-state index contributed by atoms with van der Waals surface area (Å²) in [6, 6.07) is 16.1. The number of hydrogen-bond acceptors (Lipinski definition) is 17. The molecule has 0 unspecified atom stereocenters. The SMILES string of the molecule is CC[C@H]1OC(=O)[C@H](C)[C@@H](O[C@@H]2C[C@@](C)(OC)[C@@H](O)[C@@H](C)O2)[C@H](C)[C@@H](O[C@@H]2O[C@H](C)C[C@H](N(C)C)[C@H]2O)[C@](C)(O)C[C@@H](C)CN(CCCNC(=O)/C=C/c2cc3c(s2)-c2cc(C)ccc2Sc2ccccc2-3)[C@H](C)[C@@H](O)[C@]1(C)O. The van der Waals surface area contributed by atoms with Crippen molar-refractivity contribution in [1.82, 2.24) is 15.1 Å². The normalized spacial score (nSPS) is 37.4. The average Bonchev–Trinajstić information content (AvgIpc) is 3.79. The summed E-state index contributed by atoms with van der Waals surface area (Å²) in [5, 5.41) is 63.5. The summed E-state index contributed by atoms with van der Waals surface area (Å²) >= 11 is 3.43. The number of hydrogen-bond donors (Lipinski definition) is 6. The van der Waals surface area contributed by atoms with Crippen molar-refractivity contribution in [2.45, 2.75) is 208 Å². The fourth-order valence-electron chi connectivity index (χ4n) is 12.3. The summed E-state index contributed by atoms with van der Waals surface area (Å²) in [5.41, 5.74) is -0.00175. The predicted octanol–water partition coefficient (Wildman–Crippen LogP) is 7.66. The molecule has 0 spiro atoms. The number of aliphatic hydroxyl groups excluding tert-OH is 3. The molecule has 18 heteroatoms. The third-order valence-electron chi connectivity index (χ3n) is 16.9. The summed E-state index contributed by atoms with van der Waals surface area (Å²) < 4.78 is 38.3. The Balaban J connectivity index is 1.14. The first kappa shape index (κ1) is 62.3. The van der Waals surface area contributed by atoms with Gasteiger partial charge in [-0.05, 0) is 137 Å². The monoisotopic (exact) mass is 1120 g/mol. The minimum atomic E-state index is -1.93. The van der Waals surface area contributed by atoms with Gasteiger partial charge in [-0.2, -0.15) is 0 Å². The molecule has 4 aliphatic heterocycles. The molecule has 4 aliphatic rings. The molecular formula is C60H89N3O13S2. The molecule has 1 aromatic heterocycles. The lowest BCUT2D eigenvalue weighted by molar-refractivity contribution is -0.318. The van der Waals surface area contributed by atoms with E-state index in [1.807, 2.05) is 57.7 Å². The van der Waals surface area contributed by atoms with Crippen molar-refractivity contribution in [3.63, 3.8) is 0 Å². The third kappa shape index (κ3) is 13.9. The van der Waals surface area contributed by atoms with Crippen molar-refractivity contribution in [3.05, 3.63) is 65.0 Å². The van der Waals surface area contributed by atoms with Crippen LogP contribution in [0.25, 0.3) is 27.6 Å². The molecule has 3 saturated heterocycles. The lowest BCUT2D eigenvalue weighted by atomic mass is 9.77. The van der Waals surface area contributed by atoms with Crippen molar-refractivity contribution in [2.75, 3.05) is 40.8 Å². The number of carbonyl (C=O) groups excluding carboxylic acids is 2. The third-order valence-corrected chi connectivity index (χ3v) is 19.2. The molecule has 434 valence electrons. The highest BCUT2D eigenvalue weighted by Gasteiger charge is 2.53. The van der Waals surface area contributed by atoms with Crippen LogP contribution in [0, 0.1) is 24.7 Å². The zero-order valence-electron chi connectivity index (χ0n) is 48.3. The van der Waals surface area contributed by atoms with Gasteiger partial charge in [-0.25, -0.2) is 0 Å². The smallest absolute Gasteiger partial charge is 0.311 e. The zero-order valence-corrected chi connectivity index (χ0v) is 49.9. The van der Waals surface area contributed by atoms with E-state index in [9.17, 15) is 35.1 Å². The molecular weight excluding hydrogens is 1030 g/mol. The minimum absolute atomic E-state index is 0.0968. The van der Waals surface area contributed by atoms with Crippen LogP contribution in [0.15, 0.2) is 64.4 Å². The maximum absolute atomic E-state index is 14.7. The Kier molecular flexibility index (Phi) is 20.7. The van der Waals surface area contributed by atoms with E-state index < -0.39 is 96.0 Å². The molecule has 0 aliphatic carbocycles. The lowest BCUT2D eigenvalue weighted by Gasteiger charge is -2.48. The molecule has 3 aromatic rings. The molecule has 0 saturated carbocycles. The fraction of sp³-hybridized carbons (Fsp3) is 0.667. The maximum Gasteiger partial charge on any atom is 0.311 e. The fourth-order valence-corrected chi connectivity index (χ4v) is 14.6. The number of amides is 1. The van der Waals surface area contributed by atoms with E-state index in [0.717, 1.165) is 16.0 Å². The Labute approximate surface area is 471 Å². The highest BCUT2D eigenvalue weighted by Crippen LogP contribution is 2.51. The molecule has 16 nitrogen and oxygen atoms in total. The molecule has 5 heterocycles. The van der Waals surface area contributed by atoms with Crippen LogP contribution in [0.3, 0.4) is 0 Å². The van der Waals surface area contributed by atoms with Gasteiger partial charge in [-0.15, -0.1) is 11.3 Å².